The van der Waals surface area contributed by atoms with Gasteiger partial charge in [-0.1, -0.05) is 19.8 Å². The number of hydrogen-bond acceptors (Lipinski definition) is 4. The molecule has 6 nitrogen and oxygen atoms in total. The van der Waals surface area contributed by atoms with Crippen LogP contribution in [0.15, 0.2) is 24.3 Å². The Balaban J connectivity index is 2.04. The van der Waals surface area contributed by atoms with Gasteiger partial charge in [-0.3, -0.25) is 9.10 Å². The number of likely N-dealkylation sites (tertiary alicyclic amines) is 1. The molecule has 0 unspecified atom stereocenters. The van der Waals surface area contributed by atoms with E-state index in [1.165, 1.54) is 24.2 Å². The number of anilines is 1. The summed E-state index contributed by atoms with van der Waals surface area (Å²) in [6.45, 7) is 3.54. The number of sulfonamides is 1. The Labute approximate surface area is 150 Å². The van der Waals surface area contributed by atoms with E-state index < -0.39 is 16.1 Å². The third kappa shape index (κ3) is 5.36. The Morgan fingerprint density at radius 3 is 2.20 bits per heavy atom. The molecule has 0 aliphatic carbocycles. The van der Waals surface area contributed by atoms with Gasteiger partial charge < -0.3 is 9.64 Å². The van der Waals surface area contributed by atoms with Crippen LogP contribution in [0.5, 0.6) is 5.75 Å². The van der Waals surface area contributed by atoms with Crippen LogP contribution in [0.4, 0.5) is 5.69 Å². The average Bonchev–Trinajstić information content (AvgIpc) is 2.87. The lowest BCUT2D eigenvalue weighted by Crippen LogP contribution is -2.42. The molecule has 25 heavy (non-hydrogen) atoms. The van der Waals surface area contributed by atoms with Crippen LogP contribution in [-0.4, -0.2) is 51.7 Å². The van der Waals surface area contributed by atoms with Crippen LogP contribution in [0.3, 0.4) is 0 Å². The summed E-state index contributed by atoms with van der Waals surface area (Å²) in [4.78, 5) is 14.6. The number of hydrogen-bond donors (Lipinski definition) is 0. The molecule has 2 rings (SSSR count). The van der Waals surface area contributed by atoms with Gasteiger partial charge in [0.05, 0.1) is 11.9 Å². The van der Waals surface area contributed by atoms with Gasteiger partial charge in [0, 0.05) is 20.1 Å². The summed E-state index contributed by atoms with van der Waals surface area (Å²) in [6.07, 6.45) is 5.71. The van der Waals surface area contributed by atoms with Crippen molar-refractivity contribution in [3.05, 3.63) is 24.3 Å². The van der Waals surface area contributed by atoms with Gasteiger partial charge in [-0.2, -0.15) is 0 Å². The van der Waals surface area contributed by atoms with Crippen molar-refractivity contribution in [2.45, 2.75) is 45.1 Å². The second kappa shape index (κ2) is 8.56. The van der Waals surface area contributed by atoms with E-state index in [9.17, 15) is 13.2 Å². The van der Waals surface area contributed by atoms with Crippen molar-refractivity contribution in [2.24, 2.45) is 0 Å². The summed E-state index contributed by atoms with van der Waals surface area (Å²) in [7, 11) is -1.79. The Bertz CT molecular complexity index is 665. The Kier molecular flexibility index (Phi) is 6.70. The first-order chi connectivity index (χ1) is 11.8. The third-order valence-electron chi connectivity index (χ3n) is 4.54. The molecule has 1 aliphatic rings. The molecule has 0 spiro atoms. The molecule has 0 N–H and O–H groups in total. The fourth-order valence-electron chi connectivity index (χ4n) is 2.89. The number of amides is 1. The lowest BCUT2D eigenvalue weighted by Gasteiger charge is -2.26. The molecule has 1 heterocycles. The van der Waals surface area contributed by atoms with E-state index in [2.05, 4.69) is 0 Å². The fraction of sp³-hybridized carbons (Fsp3) is 0.611. The molecule has 1 aromatic carbocycles. The van der Waals surface area contributed by atoms with Crippen molar-refractivity contribution in [3.8, 4) is 5.75 Å². The summed E-state index contributed by atoms with van der Waals surface area (Å²) < 4.78 is 30.2. The highest BCUT2D eigenvalue weighted by Crippen LogP contribution is 2.22. The van der Waals surface area contributed by atoms with Crippen LogP contribution in [-0.2, 0) is 14.8 Å². The van der Waals surface area contributed by atoms with Crippen molar-refractivity contribution in [1.82, 2.24) is 4.90 Å². The maximum atomic E-state index is 12.7. The second-order valence-electron chi connectivity index (χ2n) is 6.48. The van der Waals surface area contributed by atoms with Gasteiger partial charge in [0.15, 0.2) is 6.10 Å². The van der Waals surface area contributed by atoms with Crippen LogP contribution in [0.1, 0.15) is 39.0 Å². The van der Waals surface area contributed by atoms with Gasteiger partial charge in [-0.05, 0) is 43.5 Å². The molecule has 1 fully saturated rings. The van der Waals surface area contributed by atoms with Crippen LogP contribution in [0.25, 0.3) is 0 Å². The number of carbonyl (C=O) groups excluding carboxylic acids is 1. The highest BCUT2D eigenvalue weighted by Gasteiger charge is 2.25. The molecule has 1 aromatic rings. The highest BCUT2D eigenvalue weighted by atomic mass is 32.2. The minimum Gasteiger partial charge on any atom is -0.481 e. The van der Waals surface area contributed by atoms with Crippen molar-refractivity contribution in [1.29, 1.82) is 0 Å². The maximum Gasteiger partial charge on any atom is 0.263 e. The highest BCUT2D eigenvalue weighted by molar-refractivity contribution is 7.92. The molecule has 0 saturated carbocycles. The quantitative estimate of drug-likeness (QED) is 0.774. The van der Waals surface area contributed by atoms with Gasteiger partial charge in [0.1, 0.15) is 5.75 Å². The first-order valence-corrected chi connectivity index (χ1v) is 10.7. The zero-order valence-electron chi connectivity index (χ0n) is 15.3. The predicted molar refractivity (Wildman–Crippen MR) is 99.4 cm³/mol. The number of nitrogens with zero attached hydrogens (tertiary/aromatic N) is 2. The van der Waals surface area contributed by atoms with E-state index in [4.69, 9.17) is 4.74 Å². The van der Waals surface area contributed by atoms with E-state index in [1.54, 1.807) is 24.3 Å². The lowest BCUT2D eigenvalue weighted by molar-refractivity contribution is -0.138. The first-order valence-electron chi connectivity index (χ1n) is 8.82. The average molecular weight is 368 g/mol. The van der Waals surface area contributed by atoms with Gasteiger partial charge in [-0.25, -0.2) is 8.42 Å². The van der Waals surface area contributed by atoms with Gasteiger partial charge in [-0.15, -0.1) is 0 Å². The van der Waals surface area contributed by atoms with E-state index in [1.807, 2.05) is 11.8 Å². The van der Waals surface area contributed by atoms with Crippen molar-refractivity contribution in [2.75, 3.05) is 30.7 Å². The SMILES string of the molecule is CC[C@@H](Oc1ccc(N(C)S(C)(=O)=O)cc1)C(=O)N1CCCCCC1. The molecular formula is C18H28N2O4S. The van der Waals surface area contributed by atoms with Crippen molar-refractivity contribution < 1.29 is 17.9 Å². The van der Waals surface area contributed by atoms with E-state index in [0.717, 1.165) is 32.2 Å². The van der Waals surface area contributed by atoms with Crippen molar-refractivity contribution in [3.63, 3.8) is 0 Å². The maximum absolute atomic E-state index is 12.7. The summed E-state index contributed by atoms with van der Waals surface area (Å²) >= 11 is 0. The van der Waals surface area contributed by atoms with E-state index in [0.29, 0.717) is 17.9 Å². The largest absolute Gasteiger partial charge is 0.481 e. The Hall–Kier alpha value is -1.76. The summed E-state index contributed by atoms with van der Waals surface area (Å²) in [5, 5.41) is 0. The first kappa shape index (κ1) is 19.6. The number of benzene rings is 1. The molecule has 1 amide bonds. The molecule has 0 radical (unpaired) electrons. The molecule has 1 aliphatic heterocycles. The summed E-state index contributed by atoms with van der Waals surface area (Å²) in [5.74, 6) is 0.613. The topological polar surface area (TPSA) is 66.9 Å². The minimum atomic E-state index is -3.30. The number of carbonyl (C=O) groups is 1. The number of rotatable bonds is 6. The molecule has 0 bridgehead atoms. The zero-order valence-corrected chi connectivity index (χ0v) is 16.1. The second-order valence-corrected chi connectivity index (χ2v) is 8.49. The van der Waals surface area contributed by atoms with Crippen LogP contribution in [0, 0.1) is 0 Å². The van der Waals surface area contributed by atoms with E-state index >= 15 is 0 Å². The van der Waals surface area contributed by atoms with Crippen LogP contribution >= 0.6 is 0 Å². The molecule has 7 heteroatoms. The standard InChI is InChI=1S/C18H28N2O4S/c1-4-17(18(21)20-13-7-5-6-8-14-20)24-16-11-9-15(10-12-16)19(2)25(3,22)23/h9-12,17H,4-8,13-14H2,1-3H3/t17-/m1/s1. The van der Waals surface area contributed by atoms with Gasteiger partial charge >= 0.3 is 0 Å². The van der Waals surface area contributed by atoms with E-state index in [-0.39, 0.29) is 5.91 Å². The molecule has 140 valence electrons. The lowest BCUT2D eigenvalue weighted by atomic mass is 10.2. The monoisotopic (exact) mass is 368 g/mol. The van der Waals surface area contributed by atoms with Gasteiger partial charge in [0.2, 0.25) is 10.0 Å². The molecule has 0 aromatic heterocycles. The summed E-state index contributed by atoms with van der Waals surface area (Å²) in [6, 6.07) is 6.77. The van der Waals surface area contributed by atoms with Crippen LogP contribution in [0.2, 0.25) is 0 Å². The zero-order chi connectivity index (χ0) is 18.4. The number of ether oxygens (including phenoxy) is 1. The minimum absolute atomic E-state index is 0.0433. The van der Waals surface area contributed by atoms with Crippen molar-refractivity contribution >= 4 is 21.6 Å². The Morgan fingerprint density at radius 1 is 1.16 bits per heavy atom. The Morgan fingerprint density at radius 2 is 1.72 bits per heavy atom. The fourth-order valence-corrected chi connectivity index (χ4v) is 3.40. The van der Waals surface area contributed by atoms with Gasteiger partial charge in [0.25, 0.3) is 5.91 Å². The predicted octanol–water partition coefficient (Wildman–Crippen LogP) is 2.64. The van der Waals surface area contributed by atoms with Crippen LogP contribution < -0.4 is 9.04 Å². The normalized spacial score (nSPS) is 16.8. The third-order valence-corrected chi connectivity index (χ3v) is 5.75. The molecular weight excluding hydrogens is 340 g/mol. The molecule has 1 atom stereocenters. The summed E-state index contributed by atoms with van der Waals surface area (Å²) in [5.41, 5.74) is 0.557. The smallest absolute Gasteiger partial charge is 0.263 e. The molecule has 1 saturated heterocycles.